The van der Waals surface area contributed by atoms with Crippen LogP contribution in [0.1, 0.15) is 37.7 Å². The van der Waals surface area contributed by atoms with Gasteiger partial charge in [0.25, 0.3) is 0 Å². The van der Waals surface area contributed by atoms with Gasteiger partial charge in [0.1, 0.15) is 4.99 Å². The highest BCUT2D eigenvalue weighted by atomic mass is 35.5. The van der Waals surface area contributed by atoms with Crippen molar-refractivity contribution >= 4 is 34.5 Å². The van der Waals surface area contributed by atoms with Crippen molar-refractivity contribution in [3.05, 3.63) is 28.8 Å². The van der Waals surface area contributed by atoms with E-state index in [1.807, 2.05) is 18.2 Å². The maximum Gasteiger partial charge on any atom is 0.107 e. The summed E-state index contributed by atoms with van der Waals surface area (Å²) in [7, 11) is 0. The number of halogens is 1. The number of hydrogen-bond donors (Lipinski definition) is 2. The van der Waals surface area contributed by atoms with Crippen LogP contribution in [0.4, 0.5) is 5.69 Å². The lowest BCUT2D eigenvalue weighted by atomic mass is 10.0. The highest BCUT2D eigenvalue weighted by Crippen LogP contribution is 2.28. The zero-order valence-electron chi connectivity index (χ0n) is 10.4. The summed E-state index contributed by atoms with van der Waals surface area (Å²) >= 11 is 11.2. The summed E-state index contributed by atoms with van der Waals surface area (Å²) in [5.41, 5.74) is 7.43. The lowest BCUT2D eigenvalue weighted by Crippen LogP contribution is -2.15. The molecule has 0 unspecified atom stereocenters. The molecule has 3 N–H and O–H groups in total. The second kappa shape index (κ2) is 6.39. The van der Waals surface area contributed by atoms with Crippen LogP contribution in [0.2, 0.25) is 5.02 Å². The topological polar surface area (TPSA) is 38.0 Å². The van der Waals surface area contributed by atoms with E-state index in [-0.39, 0.29) is 0 Å². The molecular formula is C14H19ClN2S. The third kappa shape index (κ3) is 3.36. The minimum Gasteiger partial charge on any atom is -0.389 e. The Morgan fingerprint density at radius 1 is 1.39 bits per heavy atom. The second-order valence-electron chi connectivity index (χ2n) is 4.89. The Kier molecular flexibility index (Phi) is 4.84. The molecule has 0 aliphatic heterocycles. The summed E-state index contributed by atoms with van der Waals surface area (Å²) in [5.74, 6) is 0.880. The lowest BCUT2D eigenvalue weighted by Gasteiger charge is -2.14. The molecule has 0 amide bonds. The Bertz CT molecular complexity index is 428. The highest BCUT2D eigenvalue weighted by Gasteiger charge is 2.15. The Hall–Kier alpha value is -0.800. The van der Waals surface area contributed by atoms with E-state index in [1.54, 1.807) is 0 Å². The highest BCUT2D eigenvalue weighted by molar-refractivity contribution is 7.80. The fourth-order valence-corrected chi connectivity index (χ4v) is 3.18. The number of nitrogens with one attached hydrogen (secondary N) is 1. The van der Waals surface area contributed by atoms with Gasteiger partial charge in [0.05, 0.1) is 10.6 Å². The monoisotopic (exact) mass is 282 g/mol. The molecule has 0 saturated heterocycles. The third-order valence-corrected chi connectivity index (χ3v) is 4.12. The van der Waals surface area contributed by atoms with Crippen LogP contribution in [0, 0.1) is 5.92 Å². The summed E-state index contributed by atoms with van der Waals surface area (Å²) in [6.45, 7) is 0.959. The number of rotatable bonds is 5. The van der Waals surface area contributed by atoms with Gasteiger partial charge in [-0.15, -0.1) is 0 Å². The molecule has 0 heterocycles. The maximum atomic E-state index is 6.12. The van der Waals surface area contributed by atoms with Crippen molar-refractivity contribution in [2.24, 2.45) is 11.7 Å². The van der Waals surface area contributed by atoms with Crippen molar-refractivity contribution in [2.75, 3.05) is 11.9 Å². The zero-order chi connectivity index (χ0) is 13.0. The molecule has 0 aromatic heterocycles. The first kappa shape index (κ1) is 13.6. The van der Waals surface area contributed by atoms with Gasteiger partial charge in [0.15, 0.2) is 0 Å². The van der Waals surface area contributed by atoms with Gasteiger partial charge in [-0.05, 0) is 24.5 Å². The van der Waals surface area contributed by atoms with E-state index in [1.165, 1.54) is 32.1 Å². The minimum atomic E-state index is 0.351. The van der Waals surface area contributed by atoms with Crippen LogP contribution < -0.4 is 11.1 Å². The van der Waals surface area contributed by atoms with Crippen LogP contribution in [0.3, 0.4) is 0 Å². The number of thiocarbonyl (C=S) groups is 1. The Morgan fingerprint density at radius 2 is 2.11 bits per heavy atom. The van der Waals surface area contributed by atoms with Crippen LogP contribution in [-0.2, 0) is 0 Å². The number of hydrogen-bond acceptors (Lipinski definition) is 2. The van der Waals surface area contributed by atoms with Crippen LogP contribution in [-0.4, -0.2) is 11.5 Å². The largest absolute Gasteiger partial charge is 0.389 e. The van der Waals surface area contributed by atoms with E-state index in [0.29, 0.717) is 10.0 Å². The Morgan fingerprint density at radius 3 is 2.78 bits per heavy atom. The molecule has 0 bridgehead atoms. The van der Waals surface area contributed by atoms with Crippen molar-refractivity contribution in [1.82, 2.24) is 0 Å². The summed E-state index contributed by atoms with van der Waals surface area (Å²) in [6.07, 6.45) is 6.74. The van der Waals surface area contributed by atoms with Gasteiger partial charge in [-0.25, -0.2) is 0 Å². The molecule has 2 rings (SSSR count). The van der Waals surface area contributed by atoms with Crippen molar-refractivity contribution in [3.8, 4) is 0 Å². The quantitative estimate of drug-likeness (QED) is 0.803. The molecule has 0 radical (unpaired) electrons. The molecule has 18 heavy (non-hydrogen) atoms. The van der Waals surface area contributed by atoms with Gasteiger partial charge in [-0.3, -0.25) is 0 Å². The predicted octanol–water partition coefficient (Wildman–Crippen LogP) is 3.97. The van der Waals surface area contributed by atoms with E-state index in [0.717, 1.165) is 23.7 Å². The van der Waals surface area contributed by atoms with Gasteiger partial charge in [-0.1, -0.05) is 55.6 Å². The number of nitrogens with two attached hydrogens (primary N) is 1. The third-order valence-electron chi connectivity index (χ3n) is 3.60. The van der Waals surface area contributed by atoms with Gasteiger partial charge >= 0.3 is 0 Å². The number of benzene rings is 1. The van der Waals surface area contributed by atoms with Crippen molar-refractivity contribution in [1.29, 1.82) is 0 Å². The van der Waals surface area contributed by atoms with Gasteiger partial charge in [0.2, 0.25) is 0 Å². The van der Waals surface area contributed by atoms with Gasteiger partial charge in [0, 0.05) is 12.2 Å². The molecule has 0 spiro atoms. The first-order valence-electron chi connectivity index (χ1n) is 6.50. The number of anilines is 1. The van der Waals surface area contributed by atoms with E-state index >= 15 is 0 Å². The van der Waals surface area contributed by atoms with Crippen LogP contribution in [0.25, 0.3) is 0 Å². The maximum absolute atomic E-state index is 6.12. The summed E-state index contributed by atoms with van der Waals surface area (Å²) < 4.78 is 0. The first-order chi connectivity index (χ1) is 8.68. The van der Waals surface area contributed by atoms with Crippen LogP contribution in [0.15, 0.2) is 18.2 Å². The molecular weight excluding hydrogens is 264 g/mol. The second-order valence-corrected chi connectivity index (χ2v) is 5.74. The molecule has 2 nitrogen and oxygen atoms in total. The average Bonchev–Trinajstić information content (AvgIpc) is 2.81. The van der Waals surface area contributed by atoms with Crippen LogP contribution >= 0.6 is 23.8 Å². The van der Waals surface area contributed by atoms with Crippen LogP contribution in [0.5, 0.6) is 0 Å². The average molecular weight is 283 g/mol. The normalized spacial score (nSPS) is 15.8. The van der Waals surface area contributed by atoms with E-state index < -0.39 is 0 Å². The van der Waals surface area contributed by atoms with E-state index in [2.05, 4.69) is 5.32 Å². The summed E-state index contributed by atoms with van der Waals surface area (Å²) in [5, 5.41) is 4.03. The standard InChI is InChI=1S/C14H19ClN2S/c15-11-6-3-7-12(13(11)14(16)18)17-9-8-10-4-1-2-5-10/h3,6-7,10,17H,1-2,4-5,8-9H2,(H2,16,18). The molecule has 0 atom stereocenters. The fraction of sp³-hybridized carbons (Fsp3) is 0.500. The summed E-state index contributed by atoms with van der Waals surface area (Å²) in [4.78, 5) is 0.351. The Labute approximate surface area is 119 Å². The molecule has 1 aliphatic carbocycles. The molecule has 1 aromatic rings. The van der Waals surface area contributed by atoms with Crippen molar-refractivity contribution in [2.45, 2.75) is 32.1 Å². The fourth-order valence-electron chi connectivity index (χ4n) is 2.63. The van der Waals surface area contributed by atoms with Gasteiger partial charge in [-0.2, -0.15) is 0 Å². The summed E-state index contributed by atoms with van der Waals surface area (Å²) in [6, 6.07) is 5.72. The Balaban J connectivity index is 1.96. The van der Waals surface area contributed by atoms with Crippen molar-refractivity contribution in [3.63, 3.8) is 0 Å². The first-order valence-corrected chi connectivity index (χ1v) is 7.29. The molecule has 1 fully saturated rings. The molecule has 1 aromatic carbocycles. The van der Waals surface area contributed by atoms with Crippen molar-refractivity contribution < 1.29 is 0 Å². The molecule has 98 valence electrons. The smallest absolute Gasteiger partial charge is 0.107 e. The SMILES string of the molecule is NC(=S)c1c(Cl)cccc1NCCC1CCCC1. The lowest BCUT2D eigenvalue weighted by molar-refractivity contribution is 0.518. The molecule has 1 aliphatic rings. The minimum absolute atomic E-state index is 0.351. The zero-order valence-corrected chi connectivity index (χ0v) is 12.0. The van der Waals surface area contributed by atoms with Gasteiger partial charge < -0.3 is 11.1 Å². The molecule has 4 heteroatoms. The predicted molar refractivity (Wildman–Crippen MR) is 82.4 cm³/mol. The van der Waals surface area contributed by atoms with E-state index in [4.69, 9.17) is 29.6 Å². The molecule has 1 saturated carbocycles. The van der Waals surface area contributed by atoms with E-state index in [9.17, 15) is 0 Å².